The molecule has 1 amide bonds. The Labute approximate surface area is 101 Å². The van der Waals surface area contributed by atoms with Crippen LogP contribution in [0.1, 0.15) is 12.5 Å². The average molecular weight is 228 g/mol. The number of carbonyl (C=O) groups is 1. The zero-order valence-corrected chi connectivity index (χ0v) is 9.81. The van der Waals surface area contributed by atoms with Crippen LogP contribution in [0.25, 0.3) is 10.8 Å². The van der Waals surface area contributed by atoms with Crippen molar-refractivity contribution >= 4 is 16.7 Å². The Bertz CT molecular complexity index is 529. The van der Waals surface area contributed by atoms with Gasteiger partial charge in [0.1, 0.15) is 0 Å². The molecule has 0 unspecified atom stereocenters. The fourth-order valence-corrected chi connectivity index (χ4v) is 1.79. The Morgan fingerprint density at radius 2 is 1.94 bits per heavy atom. The van der Waals surface area contributed by atoms with Crippen LogP contribution in [0.5, 0.6) is 0 Å². The van der Waals surface area contributed by atoms with Crippen molar-refractivity contribution < 1.29 is 4.79 Å². The molecule has 0 heterocycles. The van der Waals surface area contributed by atoms with Gasteiger partial charge < -0.3 is 11.1 Å². The molecule has 0 saturated heterocycles. The van der Waals surface area contributed by atoms with Crippen LogP contribution in [0.2, 0.25) is 0 Å². The molecule has 17 heavy (non-hydrogen) atoms. The summed E-state index contributed by atoms with van der Waals surface area (Å²) in [5.41, 5.74) is 6.61. The maximum atomic E-state index is 11.4. The molecule has 0 spiro atoms. The van der Waals surface area contributed by atoms with E-state index < -0.39 is 6.04 Å². The minimum Gasteiger partial charge on any atom is -0.351 e. The lowest BCUT2D eigenvalue weighted by molar-refractivity contribution is -0.122. The Morgan fingerprint density at radius 3 is 2.71 bits per heavy atom. The van der Waals surface area contributed by atoms with Crippen molar-refractivity contribution in [2.45, 2.75) is 19.5 Å². The second-order valence-corrected chi connectivity index (χ2v) is 4.14. The third-order valence-electron chi connectivity index (χ3n) is 2.75. The van der Waals surface area contributed by atoms with Crippen LogP contribution >= 0.6 is 0 Å². The summed E-state index contributed by atoms with van der Waals surface area (Å²) in [5.74, 6) is -0.127. The van der Waals surface area contributed by atoms with Gasteiger partial charge in [-0.2, -0.15) is 0 Å². The number of nitrogens with one attached hydrogen (secondary N) is 1. The average Bonchev–Trinajstić information content (AvgIpc) is 2.35. The molecule has 0 saturated carbocycles. The highest BCUT2D eigenvalue weighted by molar-refractivity contribution is 5.86. The number of hydrogen-bond donors (Lipinski definition) is 2. The molecule has 0 aliphatic heterocycles. The Kier molecular flexibility index (Phi) is 3.40. The molecule has 1 atom stereocenters. The number of rotatable bonds is 3. The fraction of sp³-hybridized carbons (Fsp3) is 0.214. The lowest BCUT2D eigenvalue weighted by Crippen LogP contribution is -2.37. The highest BCUT2D eigenvalue weighted by atomic mass is 16.2. The Balaban J connectivity index is 2.21. The number of fused-ring (bicyclic) bond motifs is 1. The van der Waals surface area contributed by atoms with E-state index in [1.54, 1.807) is 6.92 Å². The van der Waals surface area contributed by atoms with Gasteiger partial charge in [0.15, 0.2) is 0 Å². The van der Waals surface area contributed by atoms with E-state index in [0.29, 0.717) is 6.54 Å². The van der Waals surface area contributed by atoms with E-state index in [9.17, 15) is 4.79 Å². The highest BCUT2D eigenvalue weighted by Gasteiger charge is 2.07. The molecular weight excluding hydrogens is 212 g/mol. The van der Waals surface area contributed by atoms with E-state index in [4.69, 9.17) is 5.73 Å². The van der Waals surface area contributed by atoms with Gasteiger partial charge in [0.05, 0.1) is 6.04 Å². The predicted molar refractivity (Wildman–Crippen MR) is 69.4 cm³/mol. The molecule has 3 heteroatoms. The molecule has 0 aliphatic rings. The molecule has 2 aromatic carbocycles. The lowest BCUT2D eigenvalue weighted by atomic mass is 10.0. The first-order valence-electron chi connectivity index (χ1n) is 5.68. The van der Waals surface area contributed by atoms with Crippen molar-refractivity contribution in [3.8, 4) is 0 Å². The first kappa shape index (κ1) is 11.6. The van der Waals surface area contributed by atoms with Crippen LogP contribution in [-0.2, 0) is 11.3 Å². The topological polar surface area (TPSA) is 55.1 Å². The van der Waals surface area contributed by atoms with Gasteiger partial charge in [0, 0.05) is 6.54 Å². The van der Waals surface area contributed by atoms with E-state index in [2.05, 4.69) is 23.5 Å². The lowest BCUT2D eigenvalue weighted by Gasteiger charge is -2.10. The zero-order chi connectivity index (χ0) is 12.3. The SMILES string of the molecule is C[C@H](N)C(=O)NCc1cccc2ccccc12. The largest absolute Gasteiger partial charge is 0.351 e. The van der Waals surface area contributed by atoms with Crippen LogP contribution in [0.3, 0.4) is 0 Å². The summed E-state index contributed by atoms with van der Waals surface area (Å²) in [6.07, 6.45) is 0. The minimum absolute atomic E-state index is 0.127. The number of hydrogen-bond acceptors (Lipinski definition) is 2. The van der Waals surface area contributed by atoms with Gasteiger partial charge in [-0.25, -0.2) is 0 Å². The number of nitrogens with two attached hydrogens (primary N) is 1. The normalized spacial score (nSPS) is 12.4. The Morgan fingerprint density at radius 1 is 1.24 bits per heavy atom. The molecule has 2 aromatic rings. The number of amides is 1. The quantitative estimate of drug-likeness (QED) is 0.841. The molecule has 0 bridgehead atoms. The van der Waals surface area contributed by atoms with Crippen molar-refractivity contribution in [1.82, 2.24) is 5.32 Å². The van der Waals surface area contributed by atoms with Crippen LogP contribution in [0.4, 0.5) is 0 Å². The number of carbonyl (C=O) groups excluding carboxylic acids is 1. The van der Waals surface area contributed by atoms with E-state index in [1.807, 2.05) is 24.3 Å². The van der Waals surface area contributed by atoms with E-state index in [-0.39, 0.29) is 5.91 Å². The van der Waals surface area contributed by atoms with Crippen LogP contribution < -0.4 is 11.1 Å². The second kappa shape index (κ2) is 4.97. The standard InChI is InChI=1S/C14H16N2O/c1-10(15)14(17)16-9-12-7-4-6-11-5-2-3-8-13(11)12/h2-8,10H,9,15H2,1H3,(H,16,17)/t10-/m0/s1. The predicted octanol–water partition coefficient (Wildman–Crippen LogP) is 1.80. The van der Waals surface area contributed by atoms with E-state index in [0.717, 1.165) is 5.56 Å². The van der Waals surface area contributed by atoms with Gasteiger partial charge >= 0.3 is 0 Å². The molecule has 0 radical (unpaired) electrons. The molecule has 3 nitrogen and oxygen atoms in total. The summed E-state index contributed by atoms with van der Waals surface area (Å²) >= 11 is 0. The smallest absolute Gasteiger partial charge is 0.236 e. The van der Waals surface area contributed by atoms with Crippen molar-refractivity contribution in [2.24, 2.45) is 5.73 Å². The highest BCUT2D eigenvalue weighted by Crippen LogP contribution is 2.18. The summed E-state index contributed by atoms with van der Waals surface area (Å²) in [4.78, 5) is 11.4. The summed E-state index contributed by atoms with van der Waals surface area (Å²) < 4.78 is 0. The molecular formula is C14H16N2O. The summed E-state index contributed by atoms with van der Waals surface area (Å²) in [5, 5.41) is 5.17. The second-order valence-electron chi connectivity index (χ2n) is 4.14. The molecule has 88 valence electrons. The maximum absolute atomic E-state index is 11.4. The van der Waals surface area contributed by atoms with Crippen molar-refractivity contribution in [2.75, 3.05) is 0 Å². The van der Waals surface area contributed by atoms with Gasteiger partial charge in [-0.05, 0) is 23.3 Å². The maximum Gasteiger partial charge on any atom is 0.236 e. The molecule has 2 rings (SSSR count). The van der Waals surface area contributed by atoms with E-state index >= 15 is 0 Å². The van der Waals surface area contributed by atoms with Crippen LogP contribution in [-0.4, -0.2) is 11.9 Å². The molecule has 0 aliphatic carbocycles. The third-order valence-corrected chi connectivity index (χ3v) is 2.75. The van der Waals surface area contributed by atoms with Crippen molar-refractivity contribution in [3.63, 3.8) is 0 Å². The first-order valence-corrected chi connectivity index (χ1v) is 5.68. The number of benzene rings is 2. The Hall–Kier alpha value is -1.87. The summed E-state index contributed by atoms with van der Waals surface area (Å²) in [7, 11) is 0. The third kappa shape index (κ3) is 2.63. The van der Waals surface area contributed by atoms with Crippen molar-refractivity contribution in [1.29, 1.82) is 0 Å². The zero-order valence-electron chi connectivity index (χ0n) is 9.81. The summed E-state index contributed by atoms with van der Waals surface area (Å²) in [6, 6.07) is 13.7. The fourth-order valence-electron chi connectivity index (χ4n) is 1.79. The van der Waals surface area contributed by atoms with Gasteiger partial charge in [-0.1, -0.05) is 42.5 Å². The summed E-state index contributed by atoms with van der Waals surface area (Å²) in [6.45, 7) is 2.19. The van der Waals surface area contributed by atoms with Gasteiger partial charge in [0.2, 0.25) is 5.91 Å². The van der Waals surface area contributed by atoms with Crippen LogP contribution in [0.15, 0.2) is 42.5 Å². The van der Waals surface area contributed by atoms with Gasteiger partial charge in [0.25, 0.3) is 0 Å². The minimum atomic E-state index is -0.468. The van der Waals surface area contributed by atoms with E-state index in [1.165, 1.54) is 10.8 Å². The van der Waals surface area contributed by atoms with Crippen molar-refractivity contribution in [3.05, 3.63) is 48.0 Å². The first-order chi connectivity index (χ1) is 8.18. The monoisotopic (exact) mass is 228 g/mol. The molecule has 0 fully saturated rings. The van der Waals surface area contributed by atoms with Gasteiger partial charge in [-0.15, -0.1) is 0 Å². The van der Waals surface area contributed by atoms with Crippen LogP contribution in [0, 0.1) is 0 Å². The van der Waals surface area contributed by atoms with Gasteiger partial charge in [-0.3, -0.25) is 4.79 Å². The molecule has 0 aromatic heterocycles. The molecule has 3 N–H and O–H groups in total.